The minimum Gasteiger partial charge on any atom is -0.378 e. The third-order valence-corrected chi connectivity index (χ3v) is 13.9. The number of carbonyl (C=O) groups excluding carboxylic acids is 5. The van der Waals surface area contributed by atoms with Crippen LogP contribution in [-0.2, 0) is 14.3 Å². The lowest BCUT2D eigenvalue weighted by molar-refractivity contribution is -0.136. The Hall–Kier alpha value is -6.01. The molecular weight excluding hydrogens is 834 g/mol. The Morgan fingerprint density at radius 1 is 0.938 bits per heavy atom. The highest BCUT2D eigenvalue weighted by molar-refractivity contribution is 6.25. The highest BCUT2D eigenvalue weighted by Crippen LogP contribution is 2.37. The number of fused-ring (bicyclic) bond motifs is 2. The van der Waals surface area contributed by atoms with E-state index in [0.717, 1.165) is 92.7 Å². The number of amides is 5. The molecule has 0 aliphatic carbocycles. The van der Waals surface area contributed by atoms with E-state index in [9.17, 15) is 28.4 Å². The molecule has 0 saturated carbocycles. The predicted molar refractivity (Wildman–Crippen MR) is 242 cm³/mol. The second-order valence-corrected chi connectivity index (χ2v) is 18.3. The van der Waals surface area contributed by atoms with Crippen LogP contribution in [0.4, 0.5) is 27.7 Å². The van der Waals surface area contributed by atoms with Gasteiger partial charge in [0.05, 0.1) is 40.5 Å². The number of ether oxygens (including phenoxy) is 1. The van der Waals surface area contributed by atoms with E-state index in [1.54, 1.807) is 30.6 Å². The van der Waals surface area contributed by atoms with E-state index >= 15 is 0 Å². The Morgan fingerprint density at radius 3 is 2.46 bits per heavy atom. The van der Waals surface area contributed by atoms with Gasteiger partial charge in [-0.1, -0.05) is 6.07 Å². The second kappa shape index (κ2) is 18.8. The first kappa shape index (κ1) is 44.2. The molecule has 0 spiro atoms. The summed E-state index contributed by atoms with van der Waals surface area (Å²) < 4.78 is 22.0. The number of likely N-dealkylation sites (tertiary alicyclic amines) is 1. The lowest BCUT2D eigenvalue weighted by Crippen LogP contribution is -2.54. The van der Waals surface area contributed by atoms with Crippen molar-refractivity contribution in [2.45, 2.75) is 102 Å². The fourth-order valence-electron chi connectivity index (χ4n) is 10.2. The predicted octanol–water partition coefficient (Wildman–Crippen LogP) is 5.01. The number of anilines is 4. The second-order valence-electron chi connectivity index (χ2n) is 18.3. The van der Waals surface area contributed by atoms with E-state index in [-0.39, 0.29) is 37.4 Å². The van der Waals surface area contributed by atoms with E-state index in [4.69, 9.17) is 4.74 Å². The number of alkyl halides is 1. The molecule has 17 nitrogen and oxygen atoms in total. The average molecular weight is 892 g/mol. The number of carbonyl (C=O) groups is 5. The van der Waals surface area contributed by atoms with E-state index in [1.165, 1.54) is 7.11 Å². The standard InChI is InChI=1S/C47H58FN11O6/c1-28(2)58-26-33(32-25-50-40(24-37(32)58)52-39-11-17-49-47(53-39)57-23-16-38(65-3)34(48)27-57)43(61)51-30-14-19-55(20-15-30)18-5-6-29-12-21-56(22-13-29)35-8-4-7-31-42(35)46(64)59(45(31)63)36-9-10-41(60)54-44(36)62/h4,7-8,11,17,24-26,28-30,34,36,38H,5-6,9-10,12-16,18-23,27H2,1-3H3,(H,51,61)(H,54,60,62)(H,49,50,52,53)/t34-,36?,38?/m1/s1. The first-order chi connectivity index (χ1) is 31.4. The maximum Gasteiger partial charge on any atom is 0.264 e. The van der Waals surface area contributed by atoms with Crippen molar-refractivity contribution >= 4 is 63.7 Å². The lowest BCUT2D eigenvalue weighted by Gasteiger charge is -2.35. The number of halogens is 1. The number of nitrogens with zero attached hydrogens (tertiary/aromatic N) is 8. The zero-order valence-corrected chi connectivity index (χ0v) is 37.3. The van der Waals surface area contributed by atoms with Crippen LogP contribution in [0.5, 0.6) is 0 Å². The number of hydrogen-bond donors (Lipinski definition) is 3. The molecule has 5 aliphatic rings. The van der Waals surface area contributed by atoms with E-state index < -0.39 is 41.9 Å². The SMILES string of the molecule is COC1CCN(c2nccc(Nc3cc4c(cn3)c(C(=O)NC3CCN(CCCC5CCN(c6cccc7c6C(=O)N(C6CCC(=O)NC6=O)C7=O)CC5)CC3)cn4C(C)C)n2)C[C@H]1F. The van der Waals surface area contributed by atoms with Gasteiger partial charge >= 0.3 is 0 Å². The van der Waals surface area contributed by atoms with Crippen molar-refractivity contribution in [1.82, 2.24) is 40.0 Å². The van der Waals surface area contributed by atoms with Gasteiger partial charge in [-0.2, -0.15) is 4.98 Å². The van der Waals surface area contributed by atoms with Crippen LogP contribution in [0.1, 0.15) is 109 Å². The Balaban J connectivity index is 0.736. The summed E-state index contributed by atoms with van der Waals surface area (Å²) >= 11 is 0. The molecule has 8 heterocycles. The summed E-state index contributed by atoms with van der Waals surface area (Å²) in [6, 6.07) is 8.19. The van der Waals surface area contributed by atoms with Gasteiger partial charge in [0.1, 0.15) is 23.8 Å². The Morgan fingerprint density at radius 2 is 1.72 bits per heavy atom. The molecule has 4 saturated heterocycles. The van der Waals surface area contributed by atoms with E-state index in [0.29, 0.717) is 53.2 Å². The maximum atomic E-state index is 14.6. The first-order valence-corrected chi connectivity index (χ1v) is 23.1. The summed E-state index contributed by atoms with van der Waals surface area (Å²) in [4.78, 5) is 86.3. The van der Waals surface area contributed by atoms with E-state index in [1.807, 2.05) is 23.2 Å². The van der Waals surface area contributed by atoms with Gasteiger partial charge in [0, 0.05) is 88.4 Å². The fraction of sp³-hybridized carbons (Fsp3) is 0.532. The molecule has 0 bridgehead atoms. The van der Waals surface area contributed by atoms with Gasteiger partial charge in [0.15, 0.2) is 0 Å². The molecule has 0 radical (unpaired) electrons. The molecule has 3 aromatic heterocycles. The minimum atomic E-state index is -1.12. The third-order valence-electron chi connectivity index (χ3n) is 13.9. The molecule has 9 rings (SSSR count). The molecule has 5 aliphatic heterocycles. The van der Waals surface area contributed by atoms with Crippen LogP contribution in [0, 0.1) is 5.92 Å². The smallest absolute Gasteiger partial charge is 0.264 e. The highest BCUT2D eigenvalue weighted by Gasteiger charge is 2.46. The highest BCUT2D eigenvalue weighted by atomic mass is 19.1. The fourth-order valence-corrected chi connectivity index (χ4v) is 10.2. The Bertz CT molecular complexity index is 2460. The van der Waals surface area contributed by atoms with Gasteiger partial charge in [-0.3, -0.25) is 34.2 Å². The summed E-state index contributed by atoms with van der Waals surface area (Å²) in [7, 11) is 1.53. The summed E-state index contributed by atoms with van der Waals surface area (Å²) in [5.74, 6) is 0.0594. The van der Waals surface area contributed by atoms with Crippen molar-refractivity contribution < 1.29 is 33.1 Å². The van der Waals surface area contributed by atoms with Crippen LogP contribution in [0.2, 0.25) is 0 Å². The number of nitrogens with one attached hydrogen (secondary N) is 3. The number of rotatable bonds is 13. The van der Waals surface area contributed by atoms with Gasteiger partial charge < -0.3 is 34.6 Å². The molecule has 1 aromatic carbocycles. The van der Waals surface area contributed by atoms with Crippen LogP contribution in [-0.4, -0.2) is 136 Å². The van der Waals surface area contributed by atoms with Crippen molar-refractivity contribution in [3.8, 4) is 0 Å². The lowest BCUT2D eigenvalue weighted by atomic mass is 9.91. The largest absolute Gasteiger partial charge is 0.378 e. The van der Waals surface area contributed by atoms with Gasteiger partial charge in [-0.05, 0) is 95.9 Å². The van der Waals surface area contributed by atoms with Crippen LogP contribution < -0.4 is 25.8 Å². The molecule has 3 atom stereocenters. The molecule has 18 heteroatoms. The quantitative estimate of drug-likeness (QED) is 0.152. The third kappa shape index (κ3) is 9.15. The normalized spacial score (nSPS) is 22.5. The minimum absolute atomic E-state index is 0.0760. The summed E-state index contributed by atoms with van der Waals surface area (Å²) in [5, 5.41) is 9.63. The number of pyridine rings is 1. The van der Waals surface area contributed by atoms with Gasteiger partial charge in [-0.15, -0.1) is 0 Å². The number of hydrogen-bond acceptors (Lipinski definition) is 13. The Kier molecular flexibility index (Phi) is 12.8. The number of methoxy groups -OCH3 is 1. The molecule has 4 aromatic rings. The zero-order valence-electron chi connectivity index (χ0n) is 37.3. The summed E-state index contributed by atoms with van der Waals surface area (Å²) in [6.45, 7) is 9.31. The van der Waals surface area contributed by atoms with Gasteiger partial charge in [0.2, 0.25) is 17.8 Å². The number of aromatic nitrogens is 4. The molecular formula is C47H58FN11O6. The first-order valence-electron chi connectivity index (χ1n) is 23.1. The maximum absolute atomic E-state index is 14.6. The molecule has 2 unspecified atom stereocenters. The van der Waals surface area contributed by atoms with Crippen LogP contribution in [0.15, 0.2) is 48.9 Å². The number of benzene rings is 1. The van der Waals surface area contributed by atoms with Gasteiger partial charge in [0.25, 0.3) is 17.7 Å². The molecule has 3 N–H and O–H groups in total. The van der Waals surface area contributed by atoms with Crippen molar-refractivity contribution in [3.05, 3.63) is 65.6 Å². The topological polar surface area (TPSA) is 187 Å². The van der Waals surface area contributed by atoms with Crippen molar-refractivity contribution in [3.63, 3.8) is 0 Å². The number of imide groups is 2. The van der Waals surface area contributed by atoms with Crippen LogP contribution >= 0.6 is 0 Å². The average Bonchev–Trinajstić information content (AvgIpc) is 3.81. The zero-order chi connectivity index (χ0) is 45.4. The van der Waals surface area contributed by atoms with Crippen molar-refractivity contribution in [2.75, 3.05) is 68.0 Å². The molecule has 4 fully saturated rings. The molecule has 5 amide bonds. The van der Waals surface area contributed by atoms with E-state index in [2.05, 4.69) is 59.1 Å². The van der Waals surface area contributed by atoms with Gasteiger partial charge in [-0.25, -0.2) is 14.4 Å². The summed E-state index contributed by atoms with van der Waals surface area (Å²) in [5.41, 5.74) is 2.88. The van der Waals surface area contributed by atoms with Crippen LogP contribution in [0.3, 0.4) is 0 Å². The van der Waals surface area contributed by atoms with Crippen molar-refractivity contribution in [1.29, 1.82) is 0 Å². The van der Waals surface area contributed by atoms with Crippen LogP contribution in [0.25, 0.3) is 10.9 Å². The van der Waals surface area contributed by atoms with Crippen molar-refractivity contribution in [2.24, 2.45) is 5.92 Å². The molecule has 344 valence electrons. The Labute approximate surface area is 377 Å². The molecule has 65 heavy (non-hydrogen) atoms. The summed E-state index contributed by atoms with van der Waals surface area (Å²) in [6.07, 6.45) is 10.4. The monoisotopic (exact) mass is 891 g/mol. The number of piperidine rings is 4.